The number of ether oxygens (including phenoxy) is 1. The first-order valence-electron chi connectivity index (χ1n) is 6.43. The molecule has 0 aliphatic rings. The fourth-order valence-electron chi connectivity index (χ4n) is 1.92. The summed E-state index contributed by atoms with van der Waals surface area (Å²) in [5.41, 5.74) is 2.12. The Morgan fingerprint density at radius 1 is 1.24 bits per heavy atom. The molecule has 0 atom stereocenters. The molecule has 2 aromatic rings. The van der Waals surface area contributed by atoms with Gasteiger partial charge in [0.2, 0.25) is 0 Å². The average Bonchev–Trinajstić information content (AvgIpc) is 2.53. The normalized spacial score (nSPS) is 10.2. The predicted octanol–water partition coefficient (Wildman–Crippen LogP) is 3.07. The number of alkyl halides is 1. The molecule has 0 radical (unpaired) electrons. The van der Waals surface area contributed by atoms with Crippen LogP contribution < -0.4 is 10.1 Å². The van der Waals surface area contributed by atoms with Gasteiger partial charge in [0.25, 0.3) is 5.91 Å². The van der Waals surface area contributed by atoms with Crippen molar-refractivity contribution in [3.63, 3.8) is 0 Å². The van der Waals surface area contributed by atoms with E-state index in [9.17, 15) is 9.90 Å². The number of phenols is 1. The number of nitrogens with one attached hydrogen (secondary N) is 1. The summed E-state index contributed by atoms with van der Waals surface area (Å²) in [5, 5.41) is 12.5. The molecule has 2 N–H and O–H groups in total. The fraction of sp³-hybridized carbons (Fsp3) is 0.188. The predicted molar refractivity (Wildman–Crippen MR) is 81.8 cm³/mol. The lowest BCUT2D eigenvalue weighted by atomic mass is 10.1. The molecule has 1 amide bonds. The number of carbonyl (C=O) groups excluding carboxylic acids is 1. The monoisotopic (exact) mass is 305 g/mol. The number of amides is 1. The highest BCUT2D eigenvalue weighted by Gasteiger charge is 2.12. The van der Waals surface area contributed by atoms with Crippen molar-refractivity contribution < 1.29 is 14.6 Å². The summed E-state index contributed by atoms with van der Waals surface area (Å²) in [6, 6.07) is 12.2. The van der Waals surface area contributed by atoms with E-state index in [1.807, 2.05) is 24.3 Å². The third-order valence-corrected chi connectivity index (χ3v) is 3.36. The Bertz CT molecular complexity index is 643. The van der Waals surface area contributed by atoms with Gasteiger partial charge in [-0.05, 0) is 29.3 Å². The minimum atomic E-state index is -0.359. The Labute approximate surface area is 128 Å². The van der Waals surface area contributed by atoms with Gasteiger partial charge in [-0.15, -0.1) is 11.6 Å². The Kier molecular flexibility index (Phi) is 5.06. The molecule has 0 saturated carbocycles. The molecule has 2 aromatic carbocycles. The molecule has 0 fully saturated rings. The van der Waals surface area contributed by atoms with E-state index >= 15 is 0 Å². The third-order valence-electron chi connectivity index (χ3n) is 3.05. The van der Waals surface area contributed by atoms with Gasteiger partial charge in [-0.3, -0.25) is 4.79 Å². The quantitative estimate of drug-likeness (QED) is 0.835. The van der Waals surface area contributed by atoms with E-state index in [1.54, 1.807) is 6.07 Å². The van der Waals surface area contributed by atoms with Crippen LogP contribution in [-0.4, -0.2) is 18.1 Å². The Morgan fingerprint density at radius 2 is 2.00 bits per heavy atom. The van der Waals surface area contributed by atoms with Gasteiger partial charge >= 0.3 is 0 Å². The largest absolute Gasteiger partial charge is 0.507 e. The van der Waals surface area contributed by atoms with Crippen LogP contribution in [0.3, 0.4) is 0 Å². The summed E-state index contributed by atoms with van der Waals surface area (Å²) in [7, 11) is 1.51. The van der Waals surface area contributed by atoms with Crippen LogP contribution in [0.15, 0.2) is 42.5 Å². The number of methoxy groups -OCH3 is 1. The van der Waals surface area contributed by atoms with Crippen molar-refractivity contribution in [3.8, 4) is 11.5 Å². The second kappa shape index (κ2) is 6.99. The van der Waals surface area contributed by atoms with Gasteiger partial charge < -0.3 is 15.2 Å². The number of hydrogen-bond donors (Lipinski definition) is 2. The van der Waals surface area contributed by atoms with Gasteiger partial charge in [-0.25, -0.2) is 0 Å². The van der Waals surface area contributed by atoms with Crippen LogP contribution in [0.4, 0.5) is 0 Å². The number of aromatic hydroxyl groups is 1. The standard InChI is InChI=1S/C16H16ClNO3/c1-21-13-5-6-15(19)14(8-13)16(20)18-10-12-4-2-3-11(7-12)9-17/h2-8,19H,9-10H2,1H3,(H,18,20). The third kappa shape index (κ3) is 3.89. The number of carbonyl (C=O) groups is 1. The molecule has 0 aliphatic heterocycles. The molecule has 110 valence electrons. The van der Waals surface area contributed by atoms with Crippen LogP contribution in [-0.2, 0) is 12.4 Å². The van der Waals surface area contributed by atoms with Gasteiger partial charge in [-0.2, -0.15) is 0 Å². The first-order valence-corrected chi connectivity index (χ1v) is 6.96. The van der Waals surface area contributed by atoms with Crippen LogP contribution in [0, 0.1) is 0 Å². The van der Waals surface area contributed by atoms with E-state index in [2.05, 4.69) is 5.32 Å². The number of rotatable bonds is 5. The fourth-order valence-corrected chi connectivity index (χ4v) is 2.09. The molecule has 0 aromatic heterocycles. The van der Waals surface area contributed by atoms with Crippen LogP contribution >= 0.6 is 11.6 Å². The molecule has 4 nitrogen and oxygen atoms in total. The minimum Gasteiger partial charge on any atom is -0.507 e. The minimum absolute atomic E-state index is 0.0807. The van der Waals surface area contributed by atoms with E-state index in [1.165, 1.54) is 19.2 Å². The van der Waals surface area contributed by atoms with E-state index in [0.29, 0.717) is 18.2 Å². The van der Waals surface area contributed by atoms with E-state index < -0.39 is 0 Å². The van der Waals surface area contributed by atoms with Crippen molar-refractivity contribution >= 4 is 17.5 Å². The van der Waals surface area contributed by atoms with Gasteiger partial charge in [0.15, 0.2) is 0 Å². The van der Waals surface area contributed by atoms with E-state index in [-0.39, 0.29) is 17.2 Å². The molecule has 0 aliphatic carbocycles. The maximum absolute atomic E-state index is 12.1. The van der Waals surface area contributed by atoms with Gasteiger partial charge in [0.05, 0.1) is 12.7 Å². The van der Waals surface area contributed by atoms with Crippen molar-refractivity contribution in [2.24, 2.45) is 0 Å². The molecular weight excluding hydrogens is 290 g/mol. The zero-order valence-electron chi connectivity index (χ0n) is 11.6. The highest BCUT2D eigenvalue weighted by Crippen LogP contribution is 2.22. The van der Waals surface area contributed by atoms with Crippen LogP contribution in [0.1, 0.15) is 21.5 Å². The summed E-state index contributed by atoms with van der Waals surface area (Å²) >= 11 is 5.78. The summed E-state index contributed by atoms with van der Waals surface area (Å²) in [6.07, 6.45) is 0. The number of halogens is 1. The summed E-state index contributed by atoms with van der Waals surface area (Å²) in [6.45, 7) is 0.361. The van der Waals surface area contributed by atoms with Gasteiger partial charge in [0.1, 0.15) is 11.5 Å². The topological polar surface area (TPSA) is 58.6 Å². The van der Waals surface area contributed by atoms with Gasteiger partial charge in [-0.1, -0.05) is 24.3 Å². The van der Waals surface area contributed by atoms with Crippen LogP contribution in [0.2, 0.25) is 0 Å². The maximum Gasteiger partial charge on any atom is 0.255 e. The van der Waals surface area contributed by atoms with Crippen molar-refractivity contribution in [2.75, 3.05) is 7.11 Å². The van der Waals surface area contributed by atoms with E-state index in [4.69, 9.17) is 16.3 Å². The zero-order chi connectivity index (χ0) is 15.2. The first-order chi connectivity index (χ1) is 10.1. The molecular formula is C16H16ClNO3. The summed E-state index contributed by atoms with van der Waals surface area (Å²) in [4.78, 5) is 12.1. The van der Waals surface area contributed by atoms with Crippen molar-refractivity contribution in [2.45, 2.75) is 12.4 Å². The van der Waals surface area contributed by atoms with Crippen LogP contribution in [0.5, 0.6) is 11.5 Å². The number of hydrogen-bond acceptors (Lipinski definition) is 3. The molecule has 0 bridgehead atoms. The molecule has 21 heavy (non-hydrogen) atoms. The van der Waals surface area contributed by atoms with Gasteiger partial charge in [0, 0.05) is 12.4 Å². The second-order valence-electron chi connectivity index (χ2n) is 4.52. The maximum atomic E-state index is 12.1. The van der Waals surface area contributed by atoms with Crippen molar-refractivity contribution in [1.29, 1.82) is 0 Å². The lowest BCUT2D eigenvalue weighted by Crippen LogP contribution is -2.23. The Hall–Kier alpha value is -2.20. The number of benzene rings is 2. The summed E-state index contributed by atoms with van der Waals surface area (Å²) in [5.74, 6) is 0.505. The number of phenolic OH excluding ortho intramolecular Hbond substituents is 1. The van der Waals surface area contributed by atoms with Crippen molar-refractivity contribution in [3.05, 3.63) is 59.2 Å². The lowest BCUT2D eigenvalue weighted by Gasteiger charge is -2.09. The summed E-state index contributed by atoms with van der Waals surface area (Å²) < 4.78 is 5.05. The highest BCUT2D eigenvalue weighted by atomic mass is 35.5. The average molecular weight is 306 g/mol. The smallest absolute Gasteiger partial charge is 0.255 e. The SMILES string of the molecule is COc1ccc(O)c(C(=O)NCc2cccc(CCl)c2)c1. The molecule has 0 spiro atoms. The van der Waals surface area contributed by atoms with Crippen LogP contribution in [0.25, 0.3) is 0 Å². The molecule has 0 saturated heterocycles. The highest BCUT2D eigenvalue weighted by molar-refractivity contribution is 6.17. The first kappa shape index (κ1) is 15.2. The Balaban J connectivity index is 2.07. The zero-order valence-corrected chi connectivity index (χ0v) is 12.4. The van der Waals surface area contributed by atoms with Crippen molar-refractivity contribution in [1.82, 2.24) is 5.32 Å². The second-order valence-corrected chi connectivity index (χ2v) is 4.79. The lowest BCUT2D eigenvalue weighted by molar-refractivity contribution is 0.0948. The molecule has 2 rings (SSSR count). The molecule has 0 unspecified atom stereocenters. The Morgan fingerprint density at radius 3 is 2.71 bits per heavy atom. The molecule has 0 heterocycles. The van der Waals surface area contributed by atoms with E-state index in [0.717, 1.165) is 11.1 Å². The molecule has 5 heteroatoms.